The van der Waals surface area contributed by atoms with Crippen LogP contribution in [0, 0.1) is 0 Å². The van der Waals surface area contributed by atoms with Gasteiger partial charge in [0, 0.05) is 38.3 Å². The van der Waals surface area contributed by atoms with Gasteiger partial charge in [-0.05, 0) is 36.9 Å². The molecule has 1 N–H and O–H groups in total. The van der Waals surface area contributed by atoms with Crippen LogP contribution in [-0.2, 0) is 0 Å². The molecule has 1 saturated heterocycles. The fourth-order valence-corrected chi connectivity index (χ4v) is 3.26. The molecular formula is C21H24F3N3O2. The minimum Gasteiger partial charge on any atom is -0.406 e. The Hall–Kier alpha value is -2.58. The molecule has 2 aromatic rings. The molecule has 0 bridgehead atoms. The smallest absolute Gasteiger partial charge is 0.406 e. The van der Waals surface area contributed by atoms with Crippen molar-refractivity contribution in [1.29, 1.82) is 0 Å². The Bertz CT molecular complexity index is 789. The van der Waals surface area contributed by atoms with Crippen molar-refractivity contribution in [3.63, 3.8) is 0 Å². The minimum atomic E-state index is -4.76. The number of benzene rings is 2. The molecule has 8 heteroatoms. The van der Waals surface area contributed by atoms with E-state index in [-0.39, 0.29) is 23.3 Å². The van der Waals surface area contributed by atoms with E-state index < -0.39 is 6.36 Å². The summed E-state index contributed by atoms with van der Waals surface area (Å²) < 4.78 is 40.7. The molecule has 29 heavy (non-hydrogen) atoms. The van der Waals surface area contributed by atoms with Crippen LogP contribution < -0.4 is 10.1 Å². The third-order valence-corrected chi connectivity index (χ3v) is 4.89. The number of hydrogen-bond donors (Lipinski definition) is 1. The van der Waals surface area contributed by atoms with Gasteiger partial charge >= 0.3 is 6.36 Å². The Morgan fingerprint density at radius 2 is 1.66 bits per heavy atom. The number of amides is 1. The number of nitrogens with one attached hydrogen (secondary N) is 1. The SMILES string of the molecule is CN1CCN(CC(NC(=O)c2ccc(OC(F)(F)F)cc2)c2ccccc2)CC1. The van der Waals surface area contributed by atoms with E-state index in [2.05, 4.69) is 26.9 Å². The van der Waals surface area contributed by atoms with Crippen LogP contribution in [0.5, 0.6) is 5.75 Å². The second kappa shape index (κ2) is 9.28. The van der Waals surface area contributed by atoms with E-state index in [0.29, 0.717) is 6.54 Å². The predicted octanol–water partition coefficient (Wildman–Crippen LogP) is 3.30. The van der Waals surface area contributed by atoms with E-state index >= 15 is 0 Å². The largest absolute Gasteiger partial charge is 0.573 e. The van der Waals surface area contributed by atoms with Crippen molar-refractivity contribution in [2.24, 2.45) is 0 Å². The summed E-state index contributed by atoms with van der Waals surface area (Å²) in [5, 5.41) is 3.02. The highest BCUT2D eigenvalue weighted by molar-refractivity contribution is 5.94. The summed E-state index contributed by atoms with van der Waals surface area (Å²) in [4.78, 5) is 17.3. The van der Waals surface area contributed by atoms with Gasteiger partial charge in [-0.15, -0.1) is 13.2 Å². The average Bonchev–Trinajstić information content (AvgIpc) is 2.69. The zero-order chi connectivity index (χ0) is 20.9. The molecule has 2 aromatic carbocycles. The van der Waals surface area contributed by atoms with Crippen molar-refractivity contribution < 1.29 is 22.7 Å². The number of nitrogens with zero attached hydrogens (tertiary/aromatic N) is 2. The minimum absolute atomic E-state index is 0.224. The van der Waals surface area contributed by atoms with E-state index in [9.17, 15) is 18.0 Å². The average molecular weight is 407 g/mol. The van der Waals surface area contributed by atoms with Crippen LogP contribution in [0.25, 0.3) is 0 Å². The van der Waals surface area contributed by atoms with Crippen molar-refractivity contribution in [3.8, 4) is 5.75 Å². The van der Waals surface area contributed by atoms with Crippen LogP contribution in [-0.4, -0.2) is 61.8 Å². The van der Waals surface area contributed by atoms with E-state index in [1.165, 1.54) is 12.1 Å². The molecule has 0 spiro atoms. The van der Waals surface area contributed by atoms with Gasteiger partial charge in [-0.1, -0.05) is 30.3 Å². The van der Waals surface area contributed by atoms with Crippen molar-refractivity contribution in [2.75, 3.05) is 39.8 Å². The number of halogens is 3. The number of carbonyl (C=O) groups excluding carboxylic acids is 1. The maximum Gasteiger partial charge on any atom is 0.573 e. The Kier molecular flexibility index (Phi) is 6.76. The van der Waals surface area contributed by atoms with E-state index in [1.54, 1.807) is 0 Å². The molecule has 0 aromatic heterocycles. The summed E-state index contributed by atoms with van der Waals surface area (Å²) in [5.41, 5.74) is 1.26. The Balaban J connectivity index is 1.69. The standard InChI is InChI=1S/C21H24F3N3O2/c1-26-11-13-27(14-12-26)15-19(16-5-3-2-4-6-16)25-20(28)17-7-9-18(10-8-17)29-21(22,23)24/h2-10,19H,11-15H2,1H3,(H,25,28). The fraction of sp³-hybridized carbons (Fsp3) is 0.381. The van der Waals surface area contributed by atoms with Gasteiger partial charge in [0.15, 0.2) is 0 Å². The molecule has 1 amide bonds. The lowest BCUT2D eigenvalue weighted by Gasteiger charge is -2.35. The Morgan fingerprint density at radius 3 is 2.24 bits per heavy atom. The van der Waals surface area contributed by atoms with Gasteiger partial charge in [0.25, 0.3) is 5.91 Å². The first-order chi connectivity index (χ1) is 13.8. The third kappa shape index (κ3) is 6.47. The van der Waals surface area contributed by atoms with Crippen LogP contribution in [0.2, 0.25) is 0 Å². The summed E-state index contributed by atoms with van der Waals surface area (Å²) in [6.45, 7) is 4.43. The van der Waals surface area contributed by atoms with Crippen LogP contribution >= 0.6 is 0 Å². The molecule has 1 aliphatic heterocycles. The molecule has 1 unspecified atom stereocenters. The van der Waals surface area contributed by atoms with Gasteiger partial charge in [0.1, 0.15) is 5.75 Å². The highest BCUT2D eigenvalue weighted by Crippen LogP contribution is 2.23. The first-order valence-corrected chi connectivity index (χ1v) is 9.43. The lowest BCUT2D eigenvalue weighted by atomic mass is 10.0. The highest BCUT2D eigenvalue weighted by Gasteiger charge is 2.31. The fourth-order valence-electron chi connectivity index (χ4n) is 3.26. The number of alkyl halides is 3. The Morgan fingerprint density at radius 1 is 1.03 bits per heavy atom. The van der Waals surface area contributed by atoms with Crippen molar-refractivity contribution in [3.05, 3.63) is 65.7 Å². The zero-order valence-corrected chi connectivity index (χ0v) is 16.2. The van der Waals surface area contributed by atoms with Crippen LogP contribution in [0.4, 0.5) is 13.2 Å². The van der Waals surface area contributed by atoms with Gasteiger partial charge in [-0.2, -0.15) is 0 Å². The molecule has 1 heterocycles. The molecule has 1 fully saturated rings. The molecule has 1 atom stereocenters. The lowest BCUT2D eigenvalue weighted by molar-refractivity contribution is -0.274. The molecule has 0 saturated carbocycles. The zero-order valence-electron chi connectivity index (χ0n) is 16.2. The van der Waals surface area contributed by atoms with E-state index in [1.807, 2.05) is 30.3 Å². The second-order valence-corrected chi connectivity index (χ2v) is 7.11. The second-order valence-electron chi connectivity index (χ2n) is 7.11. The van der Waals surface area contributed by atoms with Gasteiger partial charge in [0.05, 0.1) is 6.04 Å². The molecule has 0 aliphatic carbocycles. The predicted molar refractivity (Wildman–Crippen MR) is 104 cm³/mol. The maximum atomic E-state index is 12.7. The molecule has 5 nitrogen and oxygen atoms in total. The van der Waals surface area contributed by atoms with Crippen LogP contribution in [0.3, 0.4) is 0 Å². The number of hydrogen-bond acceptors (Lipinski definition) is 4. The lowest BCUT2D eigenvalue weighted by Crippen LogP contribution is -2.47. The monoisotopic (exact) mass is 407 g/mol. The normalized spacial score (nSPS) is 17.0. The first kappa shape index (κ1) is 21.1. The van der Waals surface area contributed by atoms with E-state index in [4.69, 9.17) is 0 Å². The number of piperazine rings is 1. The summed E-state index contributed by atoms with van der Waals surface area (Å²) in [6.07, 6.45) is -4.76. The summed E-state index contributed by atoms with van der Waals surface area (Å²) >= 11 is 0. The van der Waals surface area contributed by atoms with Gasteiger partial charge in [-0.25, -0.2) is 0 Å². The van der Waals surface area contributed by atoms with Crippen molar-refractivity contribution in [1.82, 2.24) is 15.1 Å². The molecule has 156 valence electrons. The summed E-state index contributed by atoms with van der Waals surface area (Å²) in [7, 11) is 2.08. The van der Waals surface area contributed by atoms with Crippen molar-refractivity contribution in [2.45, 2.75) is 12.4 Å². The number of carbonyl (C=O) groups is 1. The van der Waals surface area contributed by atoms with Gasteiger partial charge in [0.2, 0.25) is 0 Å². The number of likely N-dealkylation sites (N-methyl/N-ethyl adjacent to an activating group) is 1. The van der Waals surface area contributed by atoms with Crippen LogP contribution in [0.1, 0.15) is 22.0 Å². The topological polar surface area (TPSA) is 44.8 Å². The summed E-state index contributed by atoms with van der Waals surface area (Å²) in [6, 6.07) is 14.4. The third-order valence-electron chi connectivity index (χ3n) is 4.89. The number of ether oxygens (including phenoxy) is 1. The maximum absolute atomic E-state index is 12.7. The summed E-state index contributed by atoms with van der Waals surface area (Å²) in [5.74, 6) is -0.697. The van der Waals surface area contributed by atoms with Gasteiger partial charge in [-0.3, -0.25) is 9.69 Å². The number of rotatable bonds is 6. The Labute approximate surface area is 168 Å². The van der Waals surface area contributed by atoms with Crippen molar-refractivity contribution >= 4 is 5.91 Å². The van der Waals surface area contributed by atoms with Gasteiger partial charge < -0.3 is 15.0 Å². The molecule has 3 rings (SSSR count). The van der Waals surface area contributed by atoms with Crippen LogP contribution in [0.15, 0.2) is 54.6 Å². The molecule has 0 radical (unpaired) electrons. The molecular weight excluding hydrogens is 383 g/mol. The first-order valence-electron chi connectivity index (χ1n) is 9.43. The quantitative estimate of drug-likeness (QED) is 0.798. The molecule has 1 aliphatic rings. The highest BCUT2D eigenvalue weighted by atomic mass is 19.4. The van der Waals surface area contributed by atoms with E-state index in [0.717, 1.165) is 43.9 Å².